The molecular formula is C21H20N4O3. The third-order valence-corrected chi connectivity index (χ3v) is 4.53. The number of hydrogen-bond donors (Lipinski definition) is 0. The second-order valence-electron chi connectivity index (χ2n) is 6.42. The second-order valence-corrected chi connectivity index (χ2v) is 6.42. The Hall–Kier alpha value is -3.48. The first kappa shape index (κ1) is 17.9. The van der Waals surface area contributed by atoms with Gasteiger partial charge in [-0.25, -0.2) is 15.0 Å². The summed E-state index contributed by atoms with van der Waals surface area (Å²) in [5, 5.41) is 0. The fourth-order valence-electron chi connectivity index (χ4n) is 3.08. The fourth-order valence-corrected chi connectivity index (χ4v) is 3.08. The van der Waals surface area contributed by atoms with Crippen molar-refractivity contribution >= 4 is 11.2 Å². The van der Waals surface area contributed by atoms with Gasteiger partial charge in [-0.3, -0.25) is 9.36 Å². The molecule has 28 heavy (non-hydrogen) atoms. The highest BCUT2D eigenvalue weighted by molar-refractivity contribution is 5.70. The first-order chi connectivity index (χ1) is 13.6. The molecule has 0 aliphatic carbocycles. The molecule has 7 heteroatoms. The number of benzene rings is 1. The summed E-state index contributed by atoms with van der Waals surface area (Å²) < 4.78 is 12.8. The van der Waals surface area contributed by atoms with Crippen molar-refractivity contribution in [3.8, 4) is 17.3 Å². The maximum absolute atomic E-state index is 12.9. The van der Waals surface area contributed by atoms with Crippen molar-refractivity contribution in [1.82, 2.24) is 19.5 Å². The Bertz CT molecular complexity index is 1210. The van der Waals surface area contributed by atoms with Gasteiger partial charge < -0.3 is 9.15 Å². The molecule has 1 aromatic carbocycles. The second kappa shape index (κ2) is 7.26. The lowest BCUT2D eigenvalue weighted by molar-refractivity contribution is 0.320. The zero-order valence-corrected chi connectivity index (χ0v) is 16.0. The molecule has 0 bridgehead atoms. The Morgan fingerprint density at radius 2 is 1.93 bits per heavy atom. The number of fused-ring (bicyclic) bond motifs is 1. The molecule has 0 amide bonds. The molecule has 4 aromatic rings. The van der Waals surface area contributed by atoms with Gasteiger partial charge in [0.2, 0.25) is 5.89 Å². The van der Waals surface area contributed by atoms with Crippen molar-refractivity contribution in [2.75, 3.05) is 6.61 Å². The molecule has 0 unspecified atom stereocenters. The van der Waals surface area contributed by atoms with Gasteiger partial charge in [-0.2, -0.15) is 0 Å². The van der Waals surface area contributed by atoms with Crippen molar-refractivity contribution in [3.63, 3.8) is 0 Å². The van der Waals surface area contributed by atoms with Gasteiger partial charge in [0.25, 0.3) is 5.88 Å². The molecule has 0 radical (unpaired) electrons. The number of rotatable bonds is 5. The Labute approximate surface area is 161 Å². The molecule has 3 heterocycles. The van der Waals surface area contributed by atoms with E-state index in [0.29, 0.717) is 35.1 Å². The van der Waals surface area contributed by atoms with Crippen molar-refractivity contribution < 1.29 is 9.15 Å². The highest BCUT2D eigenvalue weighted by Crippen LogP contribution is 2.25. The van der Waals surface area contributed by atoms with Gasteiger partial charge in [0.05, 0.1) is 13.2 Å². The molecule has 7 nitrogen and oxygen atoms in total. The summed E-state index contributed by atoms with van der Waals surface area (Å²) in [7, 11) is 0. The van der Waals surface area contributed by atoms with Crippen LogP contribution in [0.3, 0.4) is 0 Å². The summed E-state index contributed by atoms with van der Waals surface area (Å²) in [4.78, 5) is 26.2. The van der Waals surface area contributed by atoms with Crippen LogP contribution in [0.5, 0.6) is 5.88 Å². The van der Waals surface area contributed by atoms with Crippen LogP contribution < -0.4 is 10.3 Å². The SMILES string of the molecule is CCOc1nc2cccnc2n(Cc2nc(-c3ccccc3C)oc2C)c1=O. The molecule has 0 aliphatic heterocycles. The van der Waals surface area contributed by atoms with Gasteiger partial charge in [-0.05, 0) is 44.5 Å². The molecule has 0 N–H and O–H groups in total. The minimum absolute atomic E-state index is 0.0586. The quantitative estimate of drug-likeness (QED) is 0.530. The average molecular weight is 376 g/mol. The maximum atomic E-state index is 12.9. The number of pyridine rings is 1. The summed E-state index contributed by atoms with van der Waals surface area (Å²) in [5.74, 6) is 1.25. The first-order valence-electron chi connectivity index (χ1n) is 9.09. The van der Waals surface area contributed by atoms with Gasteiger partial charge in [0.15, 0.2) is 5.65 Å². The topological polar surface area (TPSA) is 83.0 Å². The van der Waals surface area contributed by atoms with E-state index in [1.165, 1.54) is 4.57 Å². The predicted octanol–water partition coefficient (Wildman–Crippen LogP) is 3.51. The molecule has 0 saturated carbocycles. The summed E-state index contributed by atoms with van der Waals surface area (Å²) >= 11 is 0. The number of hydrogen-bond acceptors (Lipinski definition) is 6. The number of aryl methyl sites for hydroxylation is 2. The molecule has 142 valence electrons. The summed E-state index contributed by atoms with van der Waals surface area (Å²) in [6.45, 7) is 6.24. The van der Waals surface area contributed by atoms with Gasteiger partial charge >= 0.3 is 5.56 Å². The molecule has 4 rings (SSSR count). The summed E-state index contributed by atoms with van der Waals surface area (Å²) in [6.07, 6.45) is 1.63. The highest BCUT2D eigenvalue weighted by atomic mass is 16.5. The van der Waals surface area contributed by atoms with E-state index in [2.05, 4.69) is 15.0 Å². The van der Waals surface area contributed by atoms with Crippen LogP contribution in [-0.2, 0) is 6.54 Å². The molecule has 0 spiro atoms. The predicted molar refractivity (Wildman–Crippen MR) is 105 cm³/mol. The third-order valence-electron chi connectivity index (χ3n) is 4.53. The van der Waals surface area contributed by atoms with E-state index >= 15 is 0 Å². The minimum atomic E-state index is -0.340. The molecule has 0 saturated heterocycles. The van der Waals surface area contributed by atoms with Crippen molar-refractivity contribution in [2.24, 2.45) is 0 Å². The van der Waals surface area contributed by atoms with Gasteiger partial charge in [0.1, 0.15) is 17.0 Å². The first-order valence-corrected chi connectivity index (χ1v) is 9.09. The standard InChI is InChI=1S/C21H20N4O3/c1-4-27-20-21(26)25(18-16(23-20)10-7-11-22-18)12-17-14(3)28-19(24-17)15-9-6-5-8-13(15)2/h5-11H,4,12H2,1-3H3. The Kier molecular flexibility index (Phi) is 4.65. The number of oxazole rings is 1. The van der Waals surface area contributed by atoms with Crippen molar-refractivity contribution in [3.05, 3.63) is 70.0 Å². The maximum Gasteiger partial charge on any atom is 0.315 e. The lowest BCUT2D eigenvalue weighted by atomic mass is 10.1. The molecular weight excluding hydrogens is 356 g/mol. The smallest absolute Gasteiger partial charge is 0.315 e. The van der Waals surface area contributed by atoms with E-state index in [1.54, 1.807) is 18.3 Å². The zero-order valence-electron chi connectivity index (χ0n) is 16.0. The molecule has 3 aromatic heterocycles. The van der Waals surface area contributed by atoms with Crippen LogP contribution in [0.25, 0.3) is 22.6 Å². The van der Waals surface area contributed by atoms with E-state index in [-0.39, 0.29) is 18.0 Å². The lowest BCUT2D eigenvalue weighted by Crippen LogP contribution is -2.25. The third kappa shape index (κ3) is 3.15. The van der Waals surface area contributed by atoms with Crippen LogP contribution in [0, 0.1) is 13.8 Å². The minimum Gasteiger partial charge on any atom is -0.474 e. The van der Waals surface area contributed by atoms with Gasteiger partial charge in [0, 0.05) is 11.8 Å². The fraction of sp³-hybridized carbons (Fsp3) is 0.238. The summed E-state index contributed by atoms with van der Waals surface area (Å²) in [6, 6.07) is 11.5. The van der Waals surface area contributed by atoms with Crippen molar-refractivity contribution in [2.45, 2.75) is 27.3 Å². The summed E-state index contributed by atoms with van der Waals surface area (Å²) in [5.41, 5.74) is 3.40. The van der Waals surface area contributed by atoms with Crippen LogP contribution in [0.4, 0.5) is 0 Å². The Morgan fingerprint density at radius 3 is 2.71 bits per heavy atom. The van der Waals surface area contributed by atoms with Crippen LogP contribution in [0.2, 0.25) is 0 Å². The van der Waals surface area contributed by atoms with Crippen LogP contribution in [-0.4, -0.2) is 26.1 Å². The highest BCUT2D eigenvalue weighted by Gasteiger charge is 2.18. The van der Waals surface area contributed by atoms with E-state index in [1.807, 2.05) is 45.0 Å². The van der Waals surface area contributed by atoms with Gasteiger partial charge in [-0.15, -0.1) is 0 Å². The van der Waals surface area contributed by atoms with E-state index < -0.39 is 0 Å². The molecule has 0 fully saturated rings. The van der Waals surface area contributed by atoms with E-state index in [9.17, 15) is 4.79 Å². The molecule has 0 aliphatic rings. The zero-order chi connectivity index (χ0) is 19.7. The normalized spacial score (nSPS) is 11.1. The number of aromatic nitrogens is 4. The van der Waals surface area contributed by atoms with E-state index in [0.717, 1.165) is 11.1 Å². The average Bonchev–Trinajstić information content (AvgIpc) is 3.06. The van der Waals surface area contributed by atoms with Gasteiger partial charge in [-0.1, -0.05) is 18.2 Å². The molecule has 0 atom stereocenters. The van der Waals surface area contributed by atoms with Crippen molar-refractivity contribution in [1.29, 1.82) is 0 Å². The largest absolute Gasteiger partial charge is 0.474 e. The number of ether oxygens (including phenoxy) is 1. The van der Waals surface area contributed by atoms with Crippen LogP contribution >= 0.6 is 0 Å². The monoisotopic (exact) mass is 376 g/mol. The van der Waals surface area contributed by atoms with Crippen LogP contribution in [0.1, 0.15) is 23.9 Å². The Balaban J connectivity index is 1.82. The number of nitrogens with zero attached hydrogens (tertiary/aromatic N) is 4. The van der Waals surface area contributed by atoms with E-state index in [4.69, 9.17) is 9.15 Å². The Morgan fingerprint density at radius 1 is 1.11 bits per heavy atom. The lowest BCUT2D eigenvalue weighted by Gasteiger charge is -2.10. The van der Waals surface area contributed by atoms with Crippen LogP contribution in [0.15, 0.2) is 51.8 Å².